The van der Waals surface area contributed by atoms with Gasteiger partial charge in [-0.15, -0.1) is 21.5 Å². The number of nitriles is 2. The summed E-state index contributed by atoms with van der Waals surface area (Å²) in [5.74, 6) is 6.49. The highest BCUT2D eigenvalue weighted by Gasteiger charge is 2.17. The molecule has 0 radical (unpaired) electrons. The van der Waals surface area contributed by atoms with Crippen LogP contribution in [0.3, 0.4) is 0 Å². The average Bonchev–Trinajstić information content (AvgIpc) is 3.22. The lowest BCUT2D eigenvalue weighted by Gasteiger charge is -2.19. The van der Waals surface area contributed by atoms with Crippen LogP contribution in [0, 0.1) is 22.7 Å². The molecule has 0 aromatic carbocycles. The Morgan fingerprint density at radius 2 is 2.04 bits per heavy atom. The molecule has 0 saturated heterocycles. The lowest BCUT2D eigenvalue weighted by Crippen LogP contribution is -2.34. The number of carbonyl (C=O) groups excluding carboxylic acids is 1. The van der Waals surface area contributed by atoms with Crippen LogP contribution < -0.4 is 5.84 Å². The third-order valence-corrected chi connectivity index (χ3v) is 4.86. The van der Waals surface area contributed by atoms with Gasteiger partial charge in [0.25, 0.3) is 0 Å². The Morgan fingerprint density at radius 3 is 2.62 bits per heavy atom. The molecule has 10 heteroatoms. The van der Waals surface area contributed by atoms with Gasteiger partial charge in [0.1, 0.15) is 0 Å². The monoisotopic (exact) mass is 361 g/mol. The molecule has 2 aromatic rings. The fraction of sp³-hybridized carbons (Fsp3) is 0.357. The summed E-state index contributed by atoms with van der Waals surface area (Å²) in [5.41, 5.74) is 0. The fourth-order valence-electron chi connectivity index (χ4n) is 1.90. The maximum Gasteiger partial charge on any atom is 0.233 e. The van der Waals surface area contributed by atoms with Gasteiger partial charge in [-0.1, -0.05) is 17.8 Å². The standard InChI is InChI=1S/C14H15N7OS2/c15-5-2-7-20(8-3-6-16)12(22)10-24-14-19-18-13(21(14)17)11-4-1-9-23-11/h1,4,9H,2-3,7-8,10,17H2. The Balaban J connectivity index is 1.97. The molecule has 1 amide bonds. The number of nitrogens with zero attached hydrogens (tertiary/aromatic N) is 6. The van der Waals surface area contributed by atoms with Crippen LogP contribution in [0.1, 0.15) is 12.8 Å². The third kappa shape index (κ3) is 4.47. The van der Waals surface area contributed by atoms with Crippen molar-refractivity contribution in [2.24, 2.45) is 0 Å². The number of hydrogen-bond donors (Lipinski definition) is 1. The van der Waals surface area contributed by atoms with E-state index in [1.807, 2.05) is 29.7 Å². The predicted molar refractivity (Wildman–Crippen MR) is 91.2 cm³/mol. The van der Waals surface area contributed by atoms with Gasteiger partial charge in [-0.3, -0.25) is 4.79 Å². The molecule has 0 aliphatic rings. The van der Waals surface area contributed by atoms with Gasteiger partial charge in [0, 0.05) is 13.1 Å². The highest BCUT2D eigenvalue weighted by Crippen LogP contribution is 2.25. The zero-order valence-corrected chi connectivity index (χ0v) is 14.4. The van der Waals surface area contributed by atoms with E-state index in [4.69, 9.17) is 16.4 Å². The number of rotatable bonds is 8. The van der Waals surface area contributed by atoms with Gasteiger partial charge in [-0.2, -0.15) is 10.5 Å². The van der Waals surface area contributed by atoms with E-state index in [1.54, 1.807) is 0 Å². The Labute approximate surface area is 147 Å². The molecule has 2 rings (SSSR count). The van der Waals surface area contributed by atoms with E-state index in [9.17, 15) is 4.79 Å². The second-order valence-corrected chi connectivity index (χ2v) is 6.53. The highest BCUT2D eigenvalue weighted by atomic mass is 32.2. The molecule has 24 heavy (non-hydrogen) atoms. The molecule has 0 unspecified atom stereocenters. The number of nitrogens with two attached hydrogens (primary N) is 1. The van der Waals surface area contributed by atoms with E-state index in [2.05, 4.69) is 10.2 Å². The van der Waals surface area contributed by atoms with E-state index in [0.717, 1.165) is 4.88 Å². The van der Waals surface area contributed by atoms with E-state index >= 15 is 0 Å². The van der Waals surface area contributed by atoms with Gasteiger partial charge >= 0.3 is 0 Å². The molecular weight excluding hydrogens is 346 g/mol. The largest absolute Gasteiger partial charge is 0.340 e. The van der Waals surface area contributed by atoms with Crippen LogP contribution in [0.2, 0.25) is 0 Å². The lowest BCUT2D eigenvalue weighted by atomic mass is 10.3. The van der Waals surface area contributed by atoms with Gasteiger partial charge in [-0.25, -0.2) is 4.68 Å². The quantitative estimate of drug-likeness (QED) is 0.557. The molecule has 0 spiro atoms. The number of carbonyl (C=O) groups is 1. The number of aromatic nitrogens is 3. The van der Waals surface area contributed by atoms with Crippen molar-refractivity contribution in [2.45, 2.75) is 18.0 Å². The summed E-state index contributed by atoms with van der Waals surface area (Å²) < 4.78 is 1.36. The lowest BCUT2D eigenvalue weighted by molar-refractivity contribution is -0.128. The molecule has 0 fully saturated rings. The first-order chi connectivity index (χ1) is 11.7. The van der Waals surface area contributed by atoms with E-state index in [-0.39, 0.29) is 24.5 Å². The highest BCUT2D eigenvalue weighted by molar-refractivity contribution is 7.99. The number of nitrogen functional groups attached to an aromatic ring is 1. The van der Waals surface area contributed by atoms with Crippen LogP contribution in [-0.2, 0) is 4.79 Å². The molecule has 0 bridgehead atoms. The van der Waals surface area contributed by atoms with Crippen LogP contribution in [0.25, 0.3) is 10.7 Å². The minimum atomic E-state index is -0.161. The smallest absolute Gasteiger partial charge is 0.233 e. The number of hydrogen-bond acceptors (Lipinski definition) is 8. The molecule has 2 N–H and O–H groups in total. The van der Waals surface area contributed by atoms with E-state index in [0.29, 0.717) is 24.1 Å². The average molecular weight is 361 g/mol. The van der Waals surface area contributed by atoms with Crippen molar-refractivity contribution in [3.8, 4) is 22.8 Å². The van der Waals surface area contributed by atoms with Gasteiger partial charge in [-0.05, 0) is 11.4 Å². The SMILES string of the molecule is N#CCCN(CCC#N)C(=O)CSc1nnc(-c2cccs2)n1N. The number of amides is 1. The minimum Gasteiger partial charge on any atom is -0.340 e. The summed E-state index contributed by atoms with van der Waals surface area (Å²) in [6.07, 6.45) is 0.467. The maximum absolute atomic E-state index is 12.3. The molecule has 0 saturated carbocycles. The topological polar surface area (TPSA) is 125 Å². The summed E-state index contributed by atoms with van der Waals surface area (Å²) in [6.45, 7) is 0.626. The molecule has 0 aliphatic heterocycles. The Morgan fingerprint density at radius 1 is 1.33 bits per heavy atom. The van der Waals surface area contributed by atoms with Gasteiger partial charge in [0.15, 0.2) is 5.82 Å². The first-order valence-electron chi connectivity index (χ1n) is 7.06. The number of thioether (sulfide) groups is 1. The van der Waals surface area contributed by atoms with Crippen LogP contribution in [0.4, 0.5) is 0 Å². The van der Waals surface area contributed by atoms with Crippen molar-refractivity contribution in [1.82, 2.24) is 19.8 Å². The van der Waals surface area contributed by atoms with Gasteiger partial charge < -0.3 is 10.7 Å². The van der Waals surface area contributed by atoms with E-state index < -0.39 is 0 Å². The first kappa shape index (κ1) is 17.8. The Hall–Kier alpha value is -2.56. The zero-order chi connectivity index (χ0) is 17.4. The fourth-order valence-corrected chi connectivity index (χ4v) is 3.36. The molecule has 8 nitrogen and oxygen atoms in total. The molecular formula is C14H15N7OS2. The molecule has 0 atom stereocenters. The minimum absolute atomic E-state index is 0.122. The molecule has 2 aromatic heterocycles. The van der Waals surface area contributed by atoms with Gasteiger partial charge in [0.05, 0.1) is 35.6 Å². The Bertz CT molecular complexity index is 739. The predicted octanol–water partition coefficient (Wildman–Crippen LogP) is 1.47. The molecule has 124 valence electrons. The van der Waals surface area contributed by atoms with Crippen molar-refractivity contribution in [3.05, 3.63) is 17.5 Å². The van der Waals surface area contributed by atoms with Crippen LogP contribution in [0.15, 0.2) is 22.7 Å². The summed E-state index contributed by atoms with van der Waals surface area (Å²) in [4.78, 5) is 14.7. The third-order valence-electron chi connectivity index (χ3n) is 3.07. The van der Waals surface area contributed by atoms with Crippen molar-refractivity contribution in [2.75, 3.05) is 24.7 Å². The van der Waals surface area contributed by atoms with Gasteiger partial charge in [0.2, 0.25) is 11.1 Å². The van der Waals surface area contributed by atoms with Crippen molar-refractivity contribution < 1.29 is 4.79 Å². The van der Waals surface area contributed by atoms with Crippen molar-refractivity contribution in [3.63, 3.8) is 0 Å². The maximum atomic E-state index is 12.3. The summed E-state index contributed by atoms with van der Waals surface area (Å²) in [5, 5.41) is 27.7. The van der Waals surface area contributed by atoms with Crippen LogP contribution >= 0.6 is 23.1 Å². The number of thiophene rings is 1. The first-order valence-corrected chi connectivity index (χ1v) is 8.92. The van der Waals surface area contributed by atoms with Crippen LogP contribution in [0.5, 0.6) is 0 Å². The zero-order valence-electron chi connectivity index (χ0n) is 12.8. The van der Waals surface area contributed by atoms with E-state index in [1.165, 1.54) is 32.7 Å². The second-order valence-electron chi connectivity index (χ2n) is 4.64. The summed E-state index contributed by atoms with van der Waals surface area (Å²) in [6, 6.07) is 7.79. The summed E-state index contributed by atoms with van der Waals surface area (Å²) in [7, 11) is 0. The van der Waals surface area contributed by atoms with Crippen LogP contribution in [-0.4, -0.2) is 44.5 Å². The molecule has 2 heterocycles. The molecule has 0 aliphatic carbocycles. The summed E-state index contributed by atoms with van der Waals surface area (Å²) >= 11 is 2.68. The van der Waals surface area contributed by atoms with Crippen molar-refractivity contribution in [1.29, 1.82) is 10.5 Å². The van der Waals surface area contributed by atoms with Crippen molar-refractivity contribution >= 4 is 29.0 Å². The Kier molecular flexibility index (Phi) is 6.61. The normalized spacial score (nSPS) is 10.1. The second kappa shape index (κ2) is 8.91.